The molecule has 0 atom stereocenters. The molecule has 0 amide bonds. The van der Waals surface area contributed by atoms with Gasteiger partial charge < -0.3 is 14.8 Å². The summed E-state index contributed by atoms with van der Waals surface area (Å²) < 4.78 is 46.2. The molecule has 0 fully saturated rings. The highest BCUT2D eigenvalue weighted by molar-refractivity contribution is 6.32. The molecule has 0 saturated heterocycles. The maximum absolute atomic E-state index is 12.3. The normalized spacial score (nSPS) is 11.2. The van der Waals surface area contributed by atoms with Gasteiger partial charge in [-0.05, 0) is 61.4 Å². The maximum Gasteiger partial charge on any atom is 0.573 e. The van der Waals surface area contributed by atoms with Crippen LogP contribution in [0, 0.1) is 24.0 Å². The van der Waals surface area contributed by atoms with Crippen molar-refractivity contribution in [3.05, 3.63) is 69.0 Å². The summed E-state index contributed by atoms with van der Waals surface area (Å²) in [6.07, 6.45) is -3.77. The van der Waals surface area contributed by atoms with Crippen molar-refractivity contribution >= 4 is 28.8 Å². The zero-order valence-electron chi connectivity index (χ0n) is 16.0. The number of ether oxygens (including phenoxy) is 2. The van der Waals surface area contributed by atoms with Gasteiger partial charge in [-0.25, -0.2) is 4.98 Å². The molecule has 1 heterocycles. The first kappa shape index (κ1) is 22.1. The van der Waals surface area contributed by atoms with Crippen molar-refractivity contribution in [3.63, 3.8) is 0 Å². The van der Waals surface area contributed by atoms with E-state index in [2.05, 4.69) is 20.0 Å². The number of hydrogen-bond acceptors (Lipinski definition) is 7. The Hall–Kier alpha value is -3.60. The third kappa shape index (κ3) is 5.51. The second-order valence-corrected chi connectivity index (χ2v) is 6.68. The molecule has 2 aromatic carbocycles. The topological polar surface area (TPSA) is 99.4 Å². The molecule has 0 aliphatic rings. The first-order valence-electron chi connectivity index (χ1n) is 8.60. The minimum atomic E-state index is -4.83. The van der Waals surface area contributed by atoms with E-state index in [1.807, 2.05) is 0 Å². The highest BCUT2D eigenvalue weighted by atomic mass is 35.5. The molecular formula is C19H14ClF3N4O4. The van der Waals surface area contributed by atoms with E-state index in [1.54, 1.807) is 26.0 Å². The number of benzene rings is 2. The number of aromatic nitrogens is 2. The van der Waals surface area contributed by atoms with Gasteiger partial charge >= 0.3 is 17.9 Å². The van der Waals surface area contributed by atoms with E-state index in [9.17, 15) is 23.3 Å². The summed E-state index contributed by atoms with van der Waals surface area (Å²) in [5.74, 6) is -0.670. The maximum atomic E-state index is 12.3. The molecule has 0 radical (unpaired) electrons. The van der Waals surface area contributed by atoms with Crippen LogP contribution in [-0.2, 0) is 0 Å². The smallest absolute Gasteiger partial charge is 0.434 e. The van der Waals surface area contributed by atoms with Crippen LogP contribution in [0.2, 0.25) is 5.02 Å². The Labute approximate surface area is 178 Å². The third-order valence-electron chi connectivity index (χ3n) is 3.95. The predicted octanol–water partition coefficient (Wildman–Crippen LogP) is 6.09. The first-order chi connectivity index (χ1) is 14.5. The number of aryl methyl sites for hydroxylation is 2. The van der Waals surface area contributed by atoms with Crippen LogP contribution in [0.25, 0.3) is 0 Å². The molecule has 1 aromatic heterocycles. The van der Waals surface area contributed by atoms with E-state index in [4.69, 9.17) is 16.3 Å². The summed E-state index contributed by atoms with van der Waals surface area (Å²) in [6.45, 7) is 3.52. The summed E-state index contributed by atoms with van der Waals surface area (Å²) >= 11 is 6.13. The summed E-state index contributed by atoms with van der Waals surface area (Å²) in [6, 6.07) is 7.82. The lowest BCUT2D eigenvalue weighted by Crippen LogP contribution is -2.17. The van der Waals surface area contributed by atoms with Crippen molar-refractivity contribution in [2.24, 2.45) is 0 Å². The van der Waals surface area contributed by atoms with Crippen LogP contribution in [0.5, 0.6) is 17.4 Å². The third-order valence-corrected chi connectivity index (χ3v) is 4.54. The molecule has 0 saturated carbocycles. The van der Waals surface area contributed by atoms with E-state index in [-0.39, 0.29) is 17.4 Å². The van der Waals surface area contributed by atoms with E-state index in [0.717, 1.165) is 18.5 Å². The number of anilines is 2. The molecule has 0 unspecified atom stereocenters. The van der Waals surface area contributed by atoms with Gasteiger partial charge in [0.2, 0.25) is 5.82 Å². The Balaban J connectivity index is 1.89. The number of nitro groups is 1. The summed E-state index contributed by atoms with van der Waals surface area (Å²) in [7, 11) is 0. The SMILES string of the molecule is Cc1cc(Oc2ncnc(Nc3ccc(OC(F)(F)F)cc3)c2[N+](=O)[O-])cc(C)c1Cl. The largest absolute Gasteiger partial charge is 0.573 e. The lowest BCUT2D eigenvalue weighted by atomic mass is 10.1. The standard InChI is InChI=1S/C19H14ClF3N4O4/c1-10-7-14(8-11(2)15(10)20)30-18-16(27(28)29)17(24-9-25-18)26-12-3-5-13(6-4-12)31-19(21,22)23/h3-9H,1-2H3,(H,24,25,26). The molecule has 0 spiro atoms. The van der Waals surface area contributed by atoms with Crippen LogP contribution in [0.4, 0.5) is 30.4 Å². The van der Waals surface area contributed by atoms with Gasteiger partial charge in [0.1, 0.15) is 17.8 Å². The Morgan fingerprint density at radius 2 is 1.68 bits per heavy atom. The highest BCUT2D eigenvalue weighted by Gasteiger charge is 2.31. The van der Waals surface area contributed by atoms with E-state index in [0.29, 0.717) is 21.9 Å². The van der Waals surface area contributed by atoms with Crippen LogP contribution >= 0.6 is 11.6 Å². The minimum Gasteiger partial charge on any atom is -0.434 e. The van der Waals surface area contributed by atoms with E-state index >= 15 is 0 Å². The molecule has 8 nitrogen and oxygen atoms in total. The van der Waals surface area contributed by atoms with Gasteiger partial charge in [0.25, 0.3) is 0 Å². The van der Waals surface area contributed by atoms with Gasteiger partial charge in [-0.3, -0.25) is 10.1 Å². The summed E-state index contributed by atoms with van der Waals surface area (Å²) in [5, 5.41) is 14.9. The van der Waals surface area contributed by atoms with Crippen LogP contribution in [0.15, 0.2) is 42.7 Å². The Bertz CT molecular complexity index is 1100. The second kappa shape index (κ2) is 8.64. The van der Waals surface area contributed by atoms with Crippen molar-refractivity contribution in [3.8, 4) is 17.4 Å². The van der Waals surface area contributed by atoms with Gasteiger partial charge in [0.05, 0.1) is 4.92 Å². The number of hydrogen-bond donors (Lipinski definition) is 1. The van der Waals surface area contributed by atoms with Crippen LogP contribution in [0.3, 0.4) is 0 Å². The number of nitrogens with zero attached hydrogens (tertiary/aromatic N) is 3. The Kier molecular flexibility index (Phi) is 6.16. The van der Waals surface area contributed by atoms with Crippen LogP contribution < -0.4 is 14.8 Å². The predicted molar refractivity (Wildman–Crippen MR) is 106 cm³/mol. The quantitative estimate of drug-likeness (QED) is 0.355. The van der Waals surface area contributed by atoms with E-state index in [1.165, 1.54) is 12.1 Å². The van der Waals surface area contributed by atoms with Crippen LogP contribution in [0.1, 0.15) is 11.1 Å². The van der Waals surface area contributed by atoms with Gasteiger partial charge in [-0.15, -0.1) is 13.2 Å². The fraction of sp³-hybridized carbons (Fsp3) is 0.158. The van der Waals surface area contributed by atoms with Crippen molar-refractivity contribution in [1.82, 2.24) is 9.97 Å². The number of nitrogens with one attached hydrogen (secondary N) is 1. The zero-order valence-corrected chi connectivity index (χ0v) is 16.8. The second-order valence-electron chi connectivity index (χ2n) is 6.30. The van der Waals surface area contributed by atoms with Crippen LogP contribution in [-0.4, -0.2) is 21.3 Å². The fourth-order valence-corrected chi connectivity index (χ4v) is 2.76. The molecule has 162 valence electrons. The van der Waals surface area contributed by atoms with Crippen molar-refractivity contribution in [1.29, 1.82) is 0 Å². The van der Waals surface area contributed by atoms with Crippen molar-refractivity contribution < 1.29 is 27.6 Å². The molecular weight excluding hydrogens is 441 g/mol. The molecule has 0 aliphatic carbocycles. The molecule has 12 heteroatoms. The molecule has 3 rings (SSSR count). The van der Waals surface area contributed by atoms with Crippen molar-refractivity contribution in [2.75, 3.05) is 5.32 Å². The van der Waals surface area contributed by atoms with Gasteiger partial charge in [-0.2, -0.15) is 4.98 Å². The zero-order chi connectivity index (χ0) is 22.8. The molecule has 31 heavy (non-hydrogen) atoms. The van der Waals surface area contributed by atoms with E-state index < -0.39 is 22.7 Å². The Morgan fingerprint density at radius 1 is 1.06 bits per heavy atom. The number of halogens is 4. The molecule has 1 N–H and O–H groups in total. The van der Waals surface area contributed by atoms with Crippen molar-refractivity contribution in [2.45, 2.75) is 20.2 Å². The average molecular weight is 455 g/mol. The average Bonchev–Trinajstić information content (AvgIpc) is 2.66. The summed E-state index contributed by atoms with van der Waals surface area (Å²) in [5.41, 5.74) is 1.12. The lowest BCUT2D eigenvalue weighted by molar-refractivity contribution is -0.385. The fourth-order valence-electron chi connectivity index (χ4n) is 2.65. The monoisotopic (exact) mass is 454 g/mol. The Morgan fingerprint density at radius 3 is 2.23 bits per heavy atom. The van der Waals surface area contributed by atoms with Gasteiger partial charge in [0, 0.05) is 10.7 Å². The first-order valence-corrected chi connectivity index (χ1v) is 8.98. The lowest BCUT2D eigenvalue weighted by Gasteiger charge is -2.12. The van der Waals surface area contributed by atoms with Gasteiger partial charge in [-0.1, -0.05) is 11.6 Å². The minimum absolute atomic E-state index is 0.207. The summed E-state index contributed by atoms with van der Waals surface area (Å²) in [4.78, 5) is 18.6. The molecule has 0 bridgehead atoms. The number of alkyl halides is 3. The molecule has 0 aliphatic heterocycles. The molecule has 3 aromatic rings. The van der Waals surface area contributed by atoms with Gasteiger partial charge in [0.15, 0.2) is 0 Å². The highest BCUT2D eigenvalue weighted by Crippen LogP contribution is 2.37. The number of rotatable bonds is 6.